The number of aryl methyl sites for hydroxylation is 3. The number of sulfonamides is 1. The molecule has 0 fully saturated rings. The Hall–Kier alpha value is -2.23. The van der Waals surface area contributed by atoms with Crippen LogP contribution in [0.4, 0.5) is 5.69 Å². The predicted octanol–water partition coefficient (Wildman–Crippen LogP) is 2.41. The summed E-state index contributed by atoms with van der Waals surface area (Å²) in [7, 11) is -0.394. The number of rotatable bonds is 4. The van der Waals surface area contributed by atoms with Crippen LogP contribution in [-0.2, 0) is 17.1 Å². The normalized spacial score (nSPS) is 11.8. The van der Waals surface area contributed by atoms with Crippen LogP contribution in [0.25, 0.3) is 10.2 Å². The summed E-state index contributed by atoms with van der Waals surface area (Å²) in [6, 6.07) is 6.61. The van der Waals surface area contributed by atoms with E-state index in [4.69, 9.17) is 0 Å². The van der Waals surface area contributed by atoms with Crippen LogP contribution in [-0.4, -0.2) is 31.2 Å². The molecule has 0 bridgehead atoms. The first-order valence-electron chi connectivity index (χ1n) is 7.51. The average molecular weight is 378 g/mol. The Kier molecular flexibility index (Phi) is 4.40. The summed E-state index contributed by atoms with van der Waals surface area (Å²) < 4.78 is 28.1. The molecule has 0 aliphatic rings. The summed E-state index contributed by atoms with van der Waals surface area (Å²) in [6.07, 6.45) is 0. The van der Waals surface area contributed by atoms with E-state index in [1.165, 1.54) is 24.5 Å². The van der Waals surface area contributed by atoms with Crippen molar-refractivity contribution < 1.29 is 13.2 Å². The van der Waals surface area contributed by atoms with Crippen LogP contribution in [0.3, 0.4) is 0 Å². The average Bonchev–Trinajstić information content (AvgIpc) is 3.11. The highest BCUT2D eigenvalue weighted by Crippen LogP contribution is 2.28. The van der Waals surface area contributed by atoms with E-state index >= 15 is 0 Å². The number of fused-ring (bicyclic) bond motifs is 1. The summed E-state index contributed by atoms with van der Waals surface area (Å²) >= 11 is 1.35. The second-order valence-electron chi connectivity index (χ2n) is 5.68. The molecule has 0 saturated carbocycles. The quantitative estimate of drug-likeness (QED) is 0.729. The topological polar surface area (TPSA) is 93.1 Å². The Morgan fingerprint density at radius 2 is 1.96 bits per heavy atom. The van der Waals surface area contributed by atoms with E-state index < -0.39 is 10.0 Å². The van der Waals surface area contributed by atoms with E-state index in [0.29, 0.717) is 16.1 Å². The van der Waals surface area contributed by atoms with Crippen molar-refractivity contribution in [3.8, 4) is 0 Å². The van der Waals surface area contributed by atoms with Crippen molar-refractivity contribution in [2.45, 2.75) is 18.7 Å². The first-order chi connectivity index (χ1) is 11.7. The fraction of sp³-hybridized carbons (Fsp3) is 0.250. The number of nitrogens with one attached hydrogen (secondary N) is 2. The first-order valence-corrected chi connectivity index (χ1v) is 9.81. The predicted molar refractivity (Wildman–Crippen MR) is 98.7 cm³/mol. The van der Waals surface area contributed by atoms with Gasteiger partial charge >= 0.3 is 0 Å². The Balaban J connectivity index is 1.92. The number of anilines is 1. The molecule has 2 aromatic heterocycles. The van der Waals surface area contributed by atoms with Crippen LogP contribution < -0.4 is 10.0 Å². The Morgan fingerprint density at radius 1 is 1.24 bits per heavy atom. The second kappa shape index (κ2) is 6.25. The van der Waals surface area contributed by atoms with Crippen molar-refractivity contribution in [3.63, 3.8) is 0 Å². The molecular weight excluding hydrogens is 360 g/mol. The lowest BCUT2D eigenvalue weighted by atomic mass is 10.2. The Labute approximate surface area is 149 Å². The van der Waals surface area contributed by atoms with Crippen molar-refractivity contribution in [1.82, 2.24) is 14.5 Å². The van der Waals surface area contributed by atoms with E-state index in [9.17, 15) is 13.2 Å². The second-order valence-corrected chi connectivity index (χ2v) is 8.57. The maximum atomic E-state index is 12.5. The van der Waals surface area contributed by atoms with Gasteiger partial charge < -0.3 is 5.32 Å². The van der Waals surface area contributed by atoms with Gasteiger partial charge in [-0.2, -0.15) is 5.10 Å². The minimum absolute atomic E-state index is 0.143. The lowest BCUT2D eigenvalue weighted by molar-refractivity contribution is 0.103. The molecule has 7 nitrogen and oxygen atoms in total. The zero-order valence-electron chi connectivity index (χ0n) is 14.2. The van der Waals surface area contributed by atoms with Crippen LogP contribution >= 0.6 is 11.3 Å². The Bertz CT molecular complexity index is 1050. The van der Waals surface area contributed by atoms with E-state index in [1.54, 1.807) is 29.8 Å². The van der Waals surface area contributed by atoms with Gasteiger partial charge in [-0.1, -0.05) is 6.07 Å². The molecule has 0 atom stereocenters. The molecule has 0 saturated heterocycles. The Morgan fingerprint density at radius 3 is 2.60 bits per heavy atom. The van der Waals surface area contributed by atoms with Gasteiger partial charge in [0.15, 0.2) is 0 Å². The fourth-order valence-electron chi connectivity index (χ4n) is 2.59. The van der Waals surface area contributed by atoms with Crippen LogP contribution in [0.2, 0.25) is 0 Å². The van der Waals surface area contributed by atoms with Gasteiger partial charge in [-0.05, 0) is 44.7 Å². The van der Waals surface area contributed by atoms with Gasteiger partial charge in [0.25, 0.3) is 5.91 Å². The van der Waals surface area contributed by atoms with Crippen molar-refractivity contribution >= 4 is 43.2 Å². The molecule has 0 radical (unpaired) electrons. The van der Waals surface area contributed by atoms with Crippen molar-refractivity contribution in [2.24, 2.45) is 7.05 Å². The lowest BCUT2D eigenvalue weighted by Gasteiger charge is -2.10. The minimum Gasteiger partial charge on any atom is -0.321 e. The third-order valence-electron chi connectivity index (χ3n) is 3.92. The number of thiophene rings is 1. The summed E-state index contributed by atoms with van der Waals surface area (Å²) in [5.41, 5.74) is 1.90. The number of benzene rings is 1. The maximum Gasteiger partial charge on any atom is 0.265 e. The first kappa shape index (κ1) is 17.6. The van der Waals surface area contributed by atoms with Crippen LogP contribution in [0.15, 0.2) is 29.2 Å². The summed E-state index contributed by atoms with van der Waals surface area (Å²) in [6.45, 7) is 3.60. The van der Waals surface area contributed by atoms with Gasteiger partial charge in [0, 0.05) is 18.1 Å². The van der Waals surface area contributed by atoms with Crippen LogP contribution in [0.5, 0.6) is 0 Å². The zero-order chi connectivity index (χ0) is 18.4. The number of carbonyl (C=O) groups excluding carboxylic acids is 1. The number of hydrogen-bond donors (Lipinski definition) is 2. The molecule has 132 valence electrons. The third-order valence-corrected chi connectivity index (χ3v) is 6.68. The molecule has 0 spiro atoms. The molecule has 3 rings (SSSR count). The van der Waals surface area contributed by atoms with E-state index in [0.717, 1.165) is 15.9 Å². The van der Waals surface area contributed by atoms with Crippen LogP contribution in [0, 0.1) is 13.8 Å². The molecule has 2 N–H and O–H groups in total. The van der Waals surface area contributed by atoms with Crippen molar-refractivity contribution in [2.75, 3.05) is 12.4 Å². The highest BCUT2D eigenvalue weighted by Gasteiger charge is 2.18. The van der Waals surface area contributed by atoms with Gasteiger partial charge in [-0.25, -0.2) is 13.1 Å². The fourth-order valence-corrected chi connectivity index (χ4v) is 4.60. The number of carbonyl (C=O) groups is 1. The zero-order valence-corrected chi connectivity index (χ0v) is 15.9. The summed E-state index contributed by atoms with van der Waals surface area (Å²) in [5, 5.41) is 8.02. The minimum atomic E-state index is -3.58. The van der Waals surface area contributed by atoms with Gasteiger partial charge in [0.1, 0.15) is 4.83 Å². The highest BCUT2D eigenvalue weighted by molar-refractivity contribution is 7.89. The number of nitrogens with zero attached hydrogens (tertiary/aromatic N) is 2. The molecule has 0 aliphatic carbocycles. The standard InChI is InChI=1S/C16H18N4O3S2/c1-9-5-6-11(7-14(9)25(22,23)17-3)18-15(21)13-8-12-10(2)19-20(4)16(12)24-13/h5-8,17H,1-4H3,(H,18,21). The molecule has 0 unspecified atom stereocenters. The highest BCUT2D eigenvalue weighted by atomic mass is 32.2. The van der Waals surface area contributed by atoms with E-state index in [1.807, 2.05) is 14.0 Å². The number of aromatic nitrogens is 2. The summed E-state index contributed by atoms with van der Waals surface area (Å²) in [5.74, 6) is -0.280. The van der Waals surface area contributed by atoms with Gasteiger partial charge in [-0.3, -0.25) is 9.48 Å². The summed E-state index contributed by atoms with van der Waals surface area (Å²) in [4.78, 5) is 14.1. The van der Waals surface area contributed by atoms with Crippen LogP contribution in [0.1, 0.15) is 20.9 Å². The largest absolute Gasteiger partial charge is 0.321 e. The molecule has 0 aliphatic heterocycles. The van der Waals surface area contributed by atoms with Gasteiger partial charge in [0.2, 0.25) is 10.0 Å². The number of hydrogen-bond acceptors (Lipinski definition) is 5. The SMILES string of the molecule is CNS(=O)(=O)c1cc(NC(=O)c2cc3c(C)nn(C)c3s2)ccc1C. The number of amides is 1. The monoisotopic (exact) mass is 378 g/mol. The molecule has 25 heavy (non-hydrogen) atoms. The molecule has 9 heteroatoms. The smallest absolute Gasteiger partial charge is 0.265 e. The van der Waals surface area contributed by atoms with E-state index in [-0.39, 0.29) is 10.8 Å². The molecule has 1 aromatic carbocycles. The molecule has 1 amide bonds. The van der Waals surface area contributed by atoms with Crippen molar-refractivity contribution in [1.29, 1.82) is 0 Å². The van der Waals surface area contributed by atoms with E-state index in [2.05, 4.69) is 15.1 Å². The molecule has 3 aromatic rings. The molecular formula is C16H18N4O3S2. The third kappa shape index (κ3) is 3.17. The van der Waals surface area contributed by atoms with Gasteiger partial charge in [0.05, 0.1) is 15.5 Å². The van der Waals surface area contributed by atoms with Gasteiger partial charge in [-0.15, -0.1) is 11.3 Å². The lowest BCUT2D eigenvalue weighted by Crippen LogP contribution is -2.20. The molecule has 2 heterocycles. The maximum absolute atomic E-state index is 12.5. The van der Waals surface area contributed by atoms with Crippen molar-refractivity contribution in [3.05, 3.63) is 40.4 Å².